The van der Waals surface area contributed by atoms with Crippen molar-refractivity contribution < 1.29 is 19.8 Å². The minimum atomic E-state index is -2.05. The Labute approximate surface area is 75.7 Å². The third-order valence-electron chi connectivity index (χ3n) is 1.56. The Hall–Kier alpha value is -1.14. The molecule has 0 heterocycles. The first kappa shape index (κ1) is 11.9. The zero-order valence-corrected chi connectivity index (χ0v) is 7.41. The second-order valence-electron chi connectivity index (χ2n) is 2.66. The monoisotopic (exact) mass is 190 g/mol. The van der Waals surface area contributed by atoms with E-state index in [4.69, 9.17) is 10.8 Å². The highest BCUT2D eigenvalue weighted by molar-refractivity contribution is 5.79. The molecule has 1 amide bonds. The summed E-state index contributed by atoms with van der Waals surface area (Å²) in [5.41, 5.74) is 2.77. The van der Waals surface area contributed by atoms with Crippen LogP contribution in [0, 0.1) is 0 Å². The molecule has 6 nitrogen and oxygen atoms in total. The molecule has 76 valence electrons. The molecule has 6 heteroatoms. The number of aliphatic carboxylic acids is 1. The summed E-state index contributed by atoms with van der Waals surface area (Å²) < 4.78 is 0. The number of carboxylic acids is 1. The Morgan fingerprint density at radius 3 is 2.38 bits per heavy atom. The average molecular weight is 190 g/mol. The fourth-order valence-corrected chi connectivity index (χ4v) is 0.867. The van der Waals surface area contributed by atoms with Crippen LogP contribution in [0.5, 0.6) is 0 Å². The van der Waals surface area contributed by atoms with E-state index >= 15 is 0 Å². The number of nitrogens with two attached hydrogens (primary N) is 1. The summed E-state index contributed by atoms with van der Waals surface area (Å²) in [6.07, 6.45) is -0.401. The number of amides is 1. The molecule has 0 aliphatic carbocycles. The molecule has 0 saturated heterocycles. The number of hydrogen-bond donors (Lipinski definition) is 4. The molecule has 0 aromatic rings. The first-order valence-corrected chi connectivity index (χ1v) is 3.91. The highest BCUT2D eigenvalue weighted by atomic mass is 16.4. The molecule has 5 N–H and O–H groups in total. The quantitative estimate of drug-likeness (QED) is 0.386. The van der Waals surface area contributed by atoms with Crippen molar-refractivity contribution >= 4 is 11.9 Å². The standard InChI is InChI=1S/C7H14N2O4/c1-2-9-7(13,6(11)12)4-3-5(8)10/h9,13H,2-4H2,1H3,(H2,8,10)(H,11,12)/t7-/m1/s1. The second kappa shape index (κ2) is 4.78. The number of nitrogens with one attached hydrogen (secondary N) is 1. The largest absolute Gasteiger partial charge is 0.478 e. The molecular weight excluding hydrogens is 176 g/mol. The van der Waals surface area contributed by atoms with Crippen molar-refractivity contribution in [2.24, 2.45) is 5.73 Å². The summed E-state index contributed by atoms with van der Waals surface area (Å²) in [7, 11) is 0. The van der Waals surface area contributed by atoms with E-state index < -0.39 is 17.6 Å². The van der Waals surface area contributed by atoms with Crippen molar-refractivity contribution in [2.45, 2.75) is 25.5 Å². The summed E-state index contributed by atoms with van der Waals surface area (Å²) in [4.78, 5) is 20.9. The van der Waals surface area contributed by atoms with Crippen LogP contribution in [0.3, 0.4) is 0 Å². The molecule has 0 saturated carbocycles. The first-order valence-electron chi connectivity index (χ1n) is 3.91. The zero-order chi connectivity index (χ0) is 10.5. The van der Waals surface area contributed by atoms with Crippen LogP contribution in [-0.4, -0.2) is 34.4 Å². The molecule has 0 aliphatic heterocycles. The summed E-state index contributed by atoms with van der Waals surface area (Å²) in [5.74, 6) is -2.05. The van der Waals surface area contributed by atoms with Crippen molar-refractivity contribution in [1.82, 2.24) is 5.32 Å². The number of primary amides is 1. The van der Waals surface area contributed by atoms with E-state index in [0.717, 1.165) is 0 Å². The van der Waals surface area contributed by atoms with E-state index in [1.807, 2.05) is 0 Å². The van der Waals surface area contributed by atoms with Gasteiger partial charge in [0.25, 0.3) is 0 Å². The number of carboxylic acid groups (broad SMARTS) is 1. The molecule has 0 aromatic carbocycles. The smallest absolute Gasteiger partial charge is 0.351 e. The van der Waals surface area contributed by atoms with Gasteiger partial charge in [0.2, 0.25) is 11.6 Å². The Balaban J connectivity index is 4.24. The van der Waals surface area contributed by atoms with Gasteiger partial charge in [0.05, 0.1) is 0 Å². The Morgan fingerprint density at radius 2 is 2.08 bits per heavy atom. The van der Waals surface area contributed by atoms with E-state index in [1.165, 1.54) is 0 Å². The van der Waals surface area contributed by atoms with Gasteiger partial charge >= 0.3 is 5.97 Å². The van der Waals surface area contributed by atoms with Gasteiger partial charge in [-0.3, -0.25) is 10.1 Å². The van der Waals surface area contributed by atoms with Crippen LogP contribution in [0.15, 0.2) is 0 Å². The molecule has 0 bridgehead atoms. The van der Waals surface area contributed by atoms with Gasteiger partial charge in [0.15, 0.2) is 0 Å². The van der Waals surface area contributed by atoms with Gasteiger partial charge in [-0.15, -0.1) is 0 Å². The summed E-state index contributed by atoms with van der Waals surface area (Å²) >= 11 is 0. The normalized spacial score (nSPS) is 14.9. The molecule has 0 aliphatic rings. The lowest BCUT2D eigenvalue weighted by atomic mass is 10.1. The van der Waals surface area contributed by atoms with Crippen LogP contribution < -0.4 is 11.1 Å². The molecule has 0 unspecified atom stereocenters. The zero-order valence-electron chi connectivity index (χ0n) is 7.41. The molecule has 0 spiro atoms. The predicted molar refractivity (Wildman–Crippen MR) is 44.7 cm³/mol. The number of hydrogen-bond acceptors (Lipinski definition) is 4. The maximum absolute atomic E-state index is 10.6. The molecule has 1 atom stereocenters. The van der Waals surface area contributed by atoms with Gasteiger partial charge in [0.1, 0.15) is 0 Å². The third-order valence-corrected chi connectivity index (χ3v) is 1.56. The van der Waals surface area contributed by atoms with Crippen molar-refractivity contribution in [1.29, 1.82) is 0 Å². The summed E-state index contributed by atoms with van der Waals surface area (Å²) in [5, 5.41) is 20.4. The maximum Gasteiger partial charge on any atom is 0.351 e. The Morgan fingerprint density at radius 1 is 1.54 bits per heavy atom. The van der Waals surface area contributed by atoms with Crippen LogP contribution >= 0.6 is 0 Å². The van der Waals surface area contributed by atoms with E-state index in [-0.39, 0.29) is 12.8 Å². The molecular formula is C7H14N2O4. The minimum absolute atomic E-state index is 0.171. The van der Waals surface area contributed by atoms with Crippen LogP contribution in [0.1, 0.15) is 19.8 Å². The highest BCUT2D eigenvalue weighted by Crippen LogP contribution is 2.08. The lowest BCUT2D eigenvalue weighted by Crippen LogP contribution is -2.52. The van der Waals surface area contributed by atoms with Gasteiger partial charge in [-0.1, -0.05) is 6.92 Å². The lowest BCUT2D eigenvalue weighted by Gasteiger charge is -2.23. The van der Waals surface area contributed by atoms with Crippen molar-refractivity contribution in [3.8, 4) is 0 Å². The van der Waals surface area contributed by atoms with Gasteiger partial charge in [-0.25, -0.2) is 4.79 Å². The molecule has 0 radical (unpaired) electrons. The molecule has 0 fully saturated rings. The highest BCUT2D eigenvalue weighted by Gasteiger charge is 2.34. The van der Waals surface area contributed by atoms with Crippen molar-refractivity contribution in [3.63, 3.8) is 0 Å². The van der Waals surface area contributed by atoms with Crippen LogP contribution in [0.2, 0.25) is 0 Å². The van der Waals surface area contributed by atoms with Crippen LogP contribution in [-0.2, 0) is 9.59 Å². The number of aliphatic hydroxyl groups is 1. The number of likely N-dealkylation sites (N-methyl/N-ethyl adjacent to an activating group) is 1. The predicted octanol–water partition coefficient (Wildman–Crippen LogP) is -1.37. The minimum Gasteiger partial charge on any atom is -0.478 e. The van der Waals surface area contributed by atoms with Gasteiger partial charge < -0.3 is 15.9 Å². The van der Waals surface area contributed by atoms with E-state index in [0.29, 0.717) is 6.54 Å². The molecule has 0 rings (SSSR count). The summed E-state index contributed by atoms with van der Waals surface area (Å²) in [6, 6.07) is 0. The van der Waals surface area contributed by atoms with Crippen molar-refractivity contribution in [2.75, 3.05) is 6.54 Å². The Kier molecular flexibility index (Phi) is 4.36. The first-order chi connectivity index (χ1) is 5.92. The van der Waals surface area contributed by atoms with Gasteiger partial charge in [-0.2, -0.15) is 0 Å². The lowest BCUT2D eigenvalue weighted by molar-refractivity contribution is -0.163. The number of carbonyl (C=O) groups excluding carboxylic acids is 1. The second-order valence-corrected chi connectivity index (χ2v) is 2.66. The SMILES string of the molecule is CCN[C@@](O)(CCC(N)=O)C(=O)O. The Bertz CT molecular complexity index is 207. The topological polar surface area (TPSA) is 113 Å². The van der Waals surface area contributed by atoms with Crippen molar-refractivity contribution in [3.05, 3.63) is 0 Å². The van der Waals surface area contributed by atoms with E-state index in [9.17, 15) is 14.7 Å². The van der Waals surface area contributed by atoms with E-state index in [2.05, 4.69) is 5.32 Å². The van der Waals surface area contributed by atoms with Gasteiger partial charge in [0, 0.05) is 12.8 Å². The van der Waals surface area contributed by atoms with Crippen LogP contribution in [0.25, 0.3) is 0 Å². The summed E-state index contributed by atoms with van der Waals surface area (Å²) in [6.45, 7) is 1.94. The average Bonchev–Trinajstić information content (AvgIpc) is 2.01. The number of rotatable bonds is 6. The van der Waals surface area contributed by atoms with Crippen LogP contribution in [0.4, 0.5) is 0 Å². The van der Waals surface area contributed by atoms with E-state index in [1.54, 1.807) is 6.92 Å². The fourth-order valence-electron chi connectivity index (χ4n) is 0.867. The molecule has 13 heavy (non-hydrogen) atoms. The molecule has 0 aromatic heterocycles. The van der Waals surface area contributed by atoms with Gasteiger partial charge in [-0.05, 0) is 6.54 Å². The number of carbonyl (C=O) groups is 2. The third kappa shape index (κ3) is 3.86. The fraction of sp³-hybridized carbons (Fsp3) is 0.714. The maximum atomic E-state index is 10.6.